The second kappa shape index (κ2) is 8.47. The average molecular weight is 380 g/mol. The highest BCUT2D eigenvalue weighted by molar-refractivity contribution is 9.10. The Morgan fingerprint density at radius 2 is 2.04 bits per heavy atom. The quantitative estimate of drug-likeness (QED) is 0.690. The van der Waals surface area contributed by atoms with Crippen molar-refractivity contribution in [3.63, 3.8) is 0 Å². The maximum Gasteiger partial charge on any atom is 0.303 e. The number of nitrogens with one attached hydrogen (secondary N) is 1. The summed E-state index contributed by atoms with van der Waals surface area (Å²) >= 11 is 3.40. The van der Waals surface area contributed by atoms with E-state index < -0.39 is 5.97 Å². The molecule has 7 heteroatoms. The summed E-state index contributed by atoms with van der Waals surface area (Å²) in [6.45, 7) is 0.516. The van der Waals surface area contributed by atoms with Crippen LogP contribution in [0.25, 0.3) is 5.69 Å². The molecule has 0 fully saturated rings. The van der Waals surface area contributed by atoms with Crippen LogP contribution in [0.3, 0.4) is 0 Å². The van der Waals surface area contributed by atoms with E-state index in [1.54, 1.807) is 16.9 Å². The standard InChI is InChI=1S/C16H18BrN3O3/c17-12-5-4-6-13(11-12)20-10-8-14(19-20)16(23)18-9-3-1-2-7-15(21)22/h4-6,8,10-11H,1-3,7,9H2,(H,18,23)(H,21,22). The fourth-order valence-electron chi connectivity index (χ4n) is 2.08. The van der Waals surface area contributed by atoms with Crippen molar-refractivity contribution in [3.05, 3.63) is 46.7 Å². The minimum absolute atomic E-state index is 0.172. The predicted octanol–water partition coefficient (Wildman–Crippen LogP) is 3.01. The maximum atomic E-state index is 12.0. The van der Waals surface area contributed by atoms with E-state index in [1.807, 2.05) is 24.3 Å². The van der Waals surface area contributed by atoms with Gasteiger partial charge in [-0.25, -0.2) is 4.68 Å². The Morgan fingerprint density at radius 1 is 1.22 bits per heavy atom. The summed E-state index contributed by atoms with van der Waals surface area (Å²) in [6.07, 6.45) is 4.07. The summed E-state index contributed by atoms with van der Waals surface area (Å²) in [5.41, 5.74) is 1.22. The van der Waals surface area contributed by atoms with Crippen LogP contribution in [-0.4, -0.2) is 33.3 Å². The van der Waals surface area contributed by atoms with E-state index in [4.69, 9.17) is 5.11 Å². The van der Waals surface area contributed by atoms with Crippen molar-refractivity contribution in [2.45, 2.75) is 25.7 Å². The molecular formula is C16H18BrN3O3. The lowest BCUT2D eigenvalue weighted by Crippen LogP contribution is -2.25. The zero-order valence-corrected chi connectivity index (χ0v) is 14.1. The van der Waals surface area contributed by atoms with Gasteiger partial charge in [0, 0.05) is 23.6 Å². The van der Waals surface area contributed by atoms with Gasteiger partial charge in [0.2, 0.25) is 0 Å². The second-order valence-electron chi connectivity index (χ2n) is 5.09. The third-order valence-corrected chi connectivity index (χ3v) is 3.74. The van der Waals surface area contributed by atoms with Crippen LogP contribution in [0, 0.1) is 0 Å². The third kappa shape index (κ3) is 5.52. The number of amides is 1. The number of hydrogen-bond donors (Lipinski definition) is 2. The second-order valence-corrected chi connectivity index (χ2v) is 6.00. The molecule has 0 aliphatic heterocycles. The largest absolute Gasteiger partial charge is 0.481 e. The Labute approximate surface area is 142 Å². The Balaban J connectivity index is 1.81. The Kier molecular flexibility index (Phi) is 6.34. The van der Waals surface area contributed by atoms with Crippen molar-refractivity contribution >= 4 is 27.8 Å². The molecule has 0 saturated heterocycles. The Morgan fingerprint density at radius 3 is 2.78 bits per heavy atom. The van der Waals surface area contributed by atoms with Gasteiger partial charge in [-0.1, -0.05) is 28.4 Å². The Bertz CT molecular complexity index is 685. The molecule has 2 N–H and O–H groups in total. The van der Waals surface area contributed by atoms with Gasteiger partial charge in [-0.3, -0.25) is 9.59 Å². The van der Waals surface area contributed by atoms with Crippen molar-refractivity contribution < 1.29 is 14.7 Å². The summed E-state index contributed by atoms with van der Waals surface area (Å²) in [7, 11) is 0. The highest BCUT2D eigenvalue weighted by Gasteiger charge is 2.09. The molecule has 0 unspecified atom stereocenters. The molecule has 2 rings (SSSR count). The third-order valence-electron chi connectivity index (χ3n) is 3.25. The zero-order chi connectivity index (χ0) is 16.7. The topological polar surface area (TPSA) is 84.2 Å². The number of carbonyl (C=O) groups is 2. The summed E-state index contributed by atoms with van der Waals surface area (Å²) in [5.74, 6) is -1.01. The number of halogens is 1. The number of rotatable bonds is 8. The Hall–Kier alpha value is -2.15. The van der Waals surface area contributed by atoms with E-state index in [-0.39, 0.29) is 12.3 Å². The van der Waals surface area contributed by atoms with Gasteiger partial charge < -0.3 is 10.4 Å². The first-order valence-electron chi connectivity index (χ1n) is 7.38. The summed E-state index contributed by atoms with van der Waals surface area (Å²) < 4.78 is 2.59. The molecule has 0 aliphatic carbocycles. The van der Waals surface area contributed by atoms with Crippen molar-refractivity contribution in [1.82, 2.24) is 15.1 Å². The highest BCUT2D eigenvalue weighted by Crippen LogP contribution is 2.15. The molecule has 0 bridgehead atoms. The molecule has 1 aromatic carbocycles. The maximum absolute atomic E-state index is 12.0. The number of aromatic nitrogens is 2. The first-order valence-corrected chi connectivity index (χ1v) is 8.17. The van der Waals surface area contributed by atoms with Crippen molar-refractivity contribution in [1.29, 1.82) is 0 Å². The predicted molar refractivity (Wildman–Crippen MR) is 89.7 cm³/mol. The van der Waals surface area contributed by atoms with Crippen LogP contribution < -0.4 is 5.32 Å². The van der Waals surface area contributed by atoms with Gasteiger partial charge in [0.1, 0.15) is 0 Å². The molecule has 0 saturated carbocycles. The van der Waals surface area contributed by atoms with Crippen LogP contribution in [-0.2, 0) is 4.79 Å². The van der Waals surface area contributed by atoms with Gasteiger partial charge in [-0.05, 0) is 37.1 Å². The van der Waals surface area contributed by atoms with Gasteiger partial charge in [0.25, 0.3) is 5.91 Å². The molecule has 1 amide bonds. The van der Waals surface area contributed by atoms with E-state index in [0.29, 0.717) is 18.7 Å². The zero-order valence-electron chi connectivity index (χ0n) is 12.5. The van der Waals surface area contributed by atoms with Crippen LogP contribution in [0.2, 0.25) is 0 Å². The number of benzene rings is 1. The number of carboxylic acids is 1. The number of unbranched alkanes of at least 4 members (excludes halogenated alkanes) is 2. The minimum atomic E-state index is -0.785. The molecule has 122 valence electrons. The van der Waals surface area contributed by atoms with Gasteiger partial charge in [-0.2, -0.15) is 5.10 Å². The first kappa shape index (κ1) is 17.2. The van der Waals surface area contributed by atoms with E-state index in [9.17, 15) is 9.59 Å². The van der Waals surface area contributed by atoms with Gasteiger partial charge in [0.15, 0.2) is 5.69 Å². The van der Waals surface area contributed by atoms with Crippen LogP contribution in [0.15, 0.2) is 41.0 Å². The van der Waals surface area contributed by atoms with E-state index in [2.05, 4.69) is 26.3 Å². The molecule has 0 spiro atoms. The normalized spacial score (nSPS) is 10.5. The molecular weight excluding hydrogens is 362 g/mol. The number of hydrogen-bond acceptors (Lipinski definition) is 3. The fraction of sp³-hybridized carbons (Fsp3) is 0.312. The molecule has 6 nitrogen and oxygen atoms in total. The average Bonchev–Trinajstić information content (AvgIpc) is 3.00. The van der Waals surface area contributed by atoms with Crippen molar-refractivity contribution in [2.75, 3.05) is 6.54 Å². The molecule has 1 aromatic heterocycles. The van der Waals surface area contributed by atoms with Crippen LogP contribution in [0.4, 0.5) is 0 Å². The van der Waals surface area contributed by atoms with Gasteiger partial charge in [-0.15, -0.1) is 0 Å². The SMILES string of the molecule is O=C(O)CCCCCNC(=O)c1ccn(-c2cccc(Br)c2)n1. The molecule has 0 radical (unpaired) electrons. The molecule has 0 aliphatic rings. The van der Waals surface area contributed by atoms with E-state index in [0.717, 1.165) is 23.0 Å². The summed E-state index contributed by atoms with van der Waals surface area (Å²) in [4.78, 5) is 22.4. The van der Waals surface area contributed by atoms with Crippen LogP contribution in [0.5, 0.6) is 0 Å². The summed E-state index contributed by atoms with van der Waals surface area (Å²) in [6, 6.07) is 9.31. The van der Waals surface area contributed by atoms with Crippen molar-refractivity contribution in [2.24, 2.45) is 0 Å². The van der Waals surface area contributed by atoms with Crippen LogP contribution in [0.1, 0.15) is 36.2 Å². The molecule has 2 aromatic rings. The lowest BCUT2D eigenvalue weighted by molar-refractivity contribution is -0.137. The van der Waals surface area contributed by atoms with Gasteiger partial charge >= 0.3 is 5.97 Å². The van der Waals surface area contributed by atoms with E-state index in [1.165, 1.54) is 0 Å². The molecule has 23 heavy (non-hydrogen) atoms. The lowest BCUT2D eigenvalue weighted by Gasteiger charge is -2.03. The van der Waals surface area contributed by atoms with Crippen molar-refractivity contribution in [3.8, 4) is 5.69 Å². The number of aliphatic carboxylic acids is 1. The number of carboxylic acid groups (broad SMARTS) is 1. The van der Waals surface area contributed by atoms with E-state index >= 15 is 0 Å². The first-order chi connectivity index (χ1) is 11.1. The number of carbonyl (C=O) groups excluding carboxylic acids is 1. The molecule has 0 atom stereocenters. The fourth-order valence-corrected chi connectivity index (χ4v) is 2.47. The smallest absolute Gasteiger partial charge is 0.303 e. The monoisotopic (exact) mass is 379 g/mol. The minimum Gasteiger partial charge on any atom is -0.481 e. The number of nitrogens with zero attached hydrogens (tertiary/aromatic N) is 2. The highest BCUT2D eigenvalue weighted by atomic mass is 79.9. The molecule has 1 heterocycles. The lowest BCUT2D eigenvalue weighted by atomic mass is 10.2. The van der Waals surface area contributed by atoms with Crippen LogP contribution >= 0.6 is 15.9 Å². The summed E-state index contributed by atoms with van der Waals surface area (Å²) in [5, 5.41) is 15.6. The van der Waals surface area contributed by atoms with Gasteiger partial charge in [0.05, 0.1) is 5.69 Å².